The fourth-order valence-electron chi connectivity index (χ4n) is 3.12. The summed E-state index contributed by atoms with van der Waals surface area (Å²) in [6, 6.07) is 13.5. The summed E-state index contributed by atoms with van der Waals surface area (Å²) in [4.78, 5) is 27.6. The lowest BCUT2D eigenvalue weighted by atomic mass is 10.0. The molecule has 1 saturated heterocycles. The van der Waals surface area contributed by atoms with Gasteiger partial charge in [-0.25, -0.2) is 9.18 Å². The molecule has 0 aliphatic carbocycles. The third kappa shape index (κ3) is 5.75. The van der Waals surface area contributed by atoms with Gasteiger partial charge in [0.1, 0.15) is 11.4 Å². The number of ether oxygens (including phenoxy) is 2. The summed E-state index contributed by atoms with van der Waals surface area (Å²) in [7, 11) is 0. The van der Waals surface area contributed by atoms with E-state index in [1.165, 1.54) is 18.3 Å². The van der Waals surface area contributed by atoms with Crippen LogP contribution in [0.5, 0.6) is 0 Å². The molecule has 158 valence electrons. The van der Waals surface area contributed by atoms with Gasteiger partial charge in [-0.3, -0.25) is 9.69 Å². The molecule has 7 heteroatoms. The van der Waals surface area contributed by atoms with Gasteiger partial charge in [0.05, 0.1) is 25.4 Å². The number of nitrogens with zero attached hydrogens (tertiary/aromatic N) is 1. The minimum atomic E-state index is -0.802. The van der Waals surface area contributed by atoms with Crippen LogP contribution < -0.4 is 5.32 Å². The van der Waals surface area contributed by atoms with Crippen LogP contribution in [0.3, 0.4) is 0 Å². The van der Waals surface area contributed by atoms with E-state index in [2.05, 4.69) is 10.2 Å². The van der Waals surface area contributed by atoms with E-state index in [1.807, 2.05) is 18.2 Å². The Hall–Kier alpha value is -3.03. The average Bonchev–Trinajstić information content (AvgIpc) is 2.77. The van der Waals surface area contributed by atoms with E-state index < -0.39 is 17.6 Å². The van der Waals surface area contributed by atoms with E-state index in [1.54, 1.807) is 25.1 Å². The van der Waals surface area contributed by atoms with Crippen molar-refractivity contribution in [2.45, 2.75) is 13.5 Å². The summed E-state index contributed by atoms with van der Waals surface area (Å²) in [5.74, 6) is -2.21. The first kappa shape index (κ1) is 21.7. The number of ketones is 1. The summed E-state index contributed by atoms with van der Waals surface area (Å²) in [6.07, 6.45) is 1.27. The molecule has 0 radical (unpaired) electrons. The number of halogens is 1. The second kappa shape index (κ2) is 10.7. The Bertz CT molecular complexity index is 909. The molecule has 1 fully saturated rings. The normalized spacial score (nSPS) is 14.9. The van der Waals surface area contributed by atoms with Crippen molar-refractivity contribution in [3.63, 3.8) is 0 Å². The van der Waals surface area contributed by atoms with Crippen LogP contribution in [0.15, 0.2) is 60.3 Å². The van der Waals surface area contributed by atoms with Crippen molar-refractivity contribution in [2.75, 3.05) is 38.2 Å². The standard InChI is InChI=1S/C23H25FN2O4/c1-2-30-23(28)20(15-25-18-6-4-3-5-7-18)22(27)19-14-17(8-9-21(19)24)16-26-10-12-29-13-11-26/h3-9,14-15,25H,2,10-13,16H2,1H3/b20-15+. The molecule has 2 aromatic rings. The molecule has 2 aromatic carbocycles. The number of nitrogens with one attached hydrogen (secondary N) is 1. The second-order valence-electron chi connectivity index (χ2n) is 6.82. The monoisotopic (exact) mass is 412 g/mol. The maximum atomic E-state index is 14.5. The number of rotatable bonds is 8. The van der Waals surface area contributed by atoms with Crippen molar-refractivity contribution in [1.29, 1.82) is 0 Å². The van der Waals surface area contributed by atoms with Crippen molar-refractivity contribution in [3.8, 4) is 0 Å². The summed E-state index contributed by atoms with van der Waals surface area (Å²) >= 11 is 0. The number of morpholine rings is 1. The first-order valence-electron chi connectivity index (χ1n) is 9.90. The Labute approximate surface area is 175 Å². The number of hydrogen-bond acceptors (Lipinski definition) is 6. The van der Waals surface area contributed by atoms with Gasteiger partial charge in [-0.2, -0.15) is 0 Å². The molecule has 1 N–H and O–H groups in total. The number of carbonyl (C=O) groups is 2. The van der Waals surface area contributed by atoms with E-state index in [4.69, 9.17) is 9.47 Å². The van der Waals surface area contributed by atoms with Crippen molar-refractivity contribution < 1.29 is 23.5 Å². The molecule has 3 rings (SSSR count). The minimum absolute atomic E-state index is 0.105. The van der Waals surface area contributed by atoms with Crippen LogP contribution in [0.1, 0.15) is 22.8 Å². The smallest absolute Gasteiger partial charge is 0.343 e. The van der Waals surface area contributed by atoms with Gasteiger partial charge in [0.2, 0.25) is 5.78 Å². The van der Waals surface area contributed by atoms with E-state index in [0.29, 0.717) is 25.4 Å². The quantitative estimate of drug-likeness (QED) is 0.236. The first-order chi connectivity index (χ1) is 14.6. The maximum Gasteiger partial charge on any atom is 0.343 e. The van der Waals surface area contributed by atoms with Crippen molar-refractivity contribution >= 4 is 17.4 Å². The predicted molar refractivity (Wildman–Crippen MR) is 112 cm³/mol. The molecule has 0 amide bonds. The summed E-state index contributed by atoms with van der Waals surface area (Å²) in [5, 5.41) is 2.91. The lowest BCUT2D eigenvalue weighted by Crippen LogP contribution is -2.35. The van der Waals surface area contributed by atoms with Crippen LogP contribution in [-0.2, 0) is 20.8 Å². The zero-order chi connectivity index (χ0) is 21.3. The highest BCUT2D eigenvalue weighted by Crippen LogP contribution is 2.19. The fourth-order valence-corrected chi connectivity index (χ4v) is 3.12. The fraction of sp³-hybridized carbons (Fsp3) is 0.304. The third-order valence-corrected chi connectivity index (χ3v) is 4.68. The summed E-state index contributed by atoms with van der Waals surface area (Å²) < 4.78 is 24.9. The molecule has 30 heavy (non-hydrogen) atoms. The van der Waals surface area contributed by atoms with Gasteiger partial charge in [0.25, 0.3) is 0 Å². The SMILES string of the molecule is CCOC(=O)/C(=C/Nc1ccccc1)C(=O)c1cc(CN2CCOCC2)ccc1F. The summed E-state index contributed by atoms with van der Waals surface area (Å²) in [6.45, 7) is 5.17. The number of Topliss-reactive ketones (excluding diaryl/α,β-unsaturated/α-hetero) is 1. The molecular formula is C23H25FN2O4. The average molecular weight is 412 g/mol. The lowest BCUT2D eigenvalue weighted by Gasteiger charge is -2.26. The number of hydrogen-bond donors (Lipinski definition) is 1. The molecule has 0 atom stereocenters. The Kier molecular flexibility index (Phi) is 7.70. The van der Waals surface area contributed by atoms with Gasteiger partial charge in [-0.15, -0.1) is 0 Å². The van der Waals surface area contributed by atoms with Crippen LogP contribution in [0.2, 0.25) is 0 Å². The minimum Gasteiger partial charge on any atom is -0.462 e. The van der Waals surface area contributed by atoms with Crippen LogP contribution in [0, 0.1) is 5.82 Å². The maximum absolute atomic E-state index is 14.5. The molecule has 0 bridgehead atoms. The first-order valence-corrected chi connectivity index (χ1v) is 9.90. The van der Waals surface area contributed by atoms with Crippen LogP contribution in [0.25, 0.3) is 0 Å². The molecule has 1 aliphatic rings. The van der Waals surface area contributed by atoms with E-state index in [0.717, 1.165) is 18.7 Å². The molecular weight excluding hydrogens is 387 g/mol. The largest absolute Gasteiger partial charge is 0.462 e. The zero-order valence-corrected chi connectivity index (χ0v) is 16.9. The third-order valence-electron chi connectivity index (χ3n) is 4.68. The molecule has 6 nitrogen and oxygen atoms in total. The Balaban J connectivity index is 1.85. The molecule has 0 aromatic heterocycles. The lowest BCUT2D eigenvalue weighted by molar-refractivity contribution is -0.138. The highest BCUT2D eigenvalue weighted by molar-refractivity contribution is 6.24. The highest BCUT2D eigenvalue weighted by Gasteiger charge is 2.24. The van der Waals surface area contributed by atoms with Crippen molar-refractivity contribution in [3.05, 3.63) is 77.2 Å². The predicted octanol–water partition coefficient (Wildman–Crippen LogP) is 3.40. The van der Waals surface area contributed by atoms with Gasteiger partial charge in [0.15, 0.2) is 0 Å². The zero-order valence-electron chi connectivity index (χ0n) is 16.9. The van der Waals surface area contributed by atoms with E-state index >= 15 is 0 Å². The Morgan fingerprint density at radius 2 is 1.90 bits per heavy atom. The molecule has 1 aliphatic heterocycles. The van der Waals surface area contributed by atoms with Crippen molar-refractivity contribution in [2.24, 2.45) is 0 Å². The number of esters is 1. The van der Waals surface area contributed by atoms with Gasteiger partial charge >= 0.3 is 5.97 Å². The van der Waals surface area contributed by atoms with Crippen LogP contribution >= 0.6 is 0 Å². The second-order valence-corrected chi connectivity index (χ2v) is 6.82. The van der Waals surface area contributed by atoms with Gasteiger partial charge in [-0.1, -0.05) is 24.3 Å². The van der Waals surface area contributed by atoms with Gasteiger partial charge in [0, 0.05) is 31.5 Å². The Morgan fingerprint density at radius 3 is 2.60 bits per heavy atom. The van der Waals surface area contributed by atoms with Gasteiger partial charge in [-0.05, 0) is 36.8 Å². The van der Waals surface area contributed by atoms with Crippen molar-refractivity contribution in [1.82, 2.24) is 4.90 Å². The molecule has 0 unspecified atom stereocenters. The number of carbonyl (C=O) groups excluding carboxylic acids is 2. The van der Waals surface area contributed by atoms with E-state index in [9.17, 15) is 14.0 Å². The topological polar surface area (TPSA) is 67.9 Å². The number of anilines is 1. The Morgan fingerprint density at radius 1 is 1.17 bits per heavy atom. The van der Waals surface area contributed by atoms with E-state index in [-0.39, 0.29) is 17.7 Å². The number of benzene rings is 2. The molecule has 0 saturated carbocycles. The van der Waals surface area contributed by atoms with Gasteiger partial charge < -0.3 is 14.8 Å². The van der Waals surface area contributed by atoms with Crippen LogP contribution in [0.4, 0.5) is 10.1 Å². The van der Waals surface area contributed by atoms with Crippen LogP contribution in [-0.4, -0.2) is 49.6 Å². The highest BCUT2D eigenvalue weighted by atomic mass is 19.1. The molecule has 1 heterocycles. The summed E-state index contributed by atoms with van der Waals surface area (Å²) in [5.41, 5.74) is 1.06. The number of para-hydroxylation sites is 1. The molecule has 0 spiro atoms.